The van der Waals surface area contributed by atoms with Gasteiger partial charge in [-0.2, -0.15) is 30.8 Å². The number of nitrogens with zero attached hydrogens (tertiary/aromatic N) is 4. The summed E-state index contributed by atoms with van der Waals surface area (Å²) in [6, 6.07) is 1.92. The van der Waals surface area contributed by atoms with Gasteiger partial charge in [0.15, 0.2) is 35.5 Å². The van der Waals surface area contributed by atoms with Crippen molar-refractivity contribution in [1.29, 1.82) is 0 Å². The number of rotatable bonds is 27. The summed E-state index contributed by atoms with van der Waals surface area (Å²) >= 11 is 0. The number of ether oxygens (including phenoxy) is 3. The van der Waals surface area contributed by atoms with E-state index in [0.717, 1.165) is 76.3 Å². The summed E-state index contributed by atoms with van der Waals surface area (Å²) in [7, 11) is -51.4. The molecule has 4 aliphatic rings. The normalized spacial score (nSPS) is 31.2. The molecule has 9 unspecified atom stereocenters. The number of phosphoric ester groups is 3. The van der Waals surface area contributed by atoms with Gasteiger partial charge in [0.25, 0.3) is 11.5 Å². The molecule has 6 rings (SSSR count). The highest BCUT2D eigenvalue weighted by Gasteiger charge is 2.65. The van der Waals surface area contributed by atoms with E-state index < -0.39 is 203 Å². The van der Waals surface area contributed by atoms with E-state index >= 15 is 0 Å². The van der Waals surface area contributed by atoms with Crippen LogP contribution in [-0.2, 0) is 99.5 Å². The van der Waals surface area contributed by atoms with Crippen LogP contribution in [0, 0.1) is 0 Å². The lowest BCUT2D eigenvalue weighted by atomic mass is 9.88. The summed E-state index contributed by atoms with van der Waals surface area (Å²) in [5.74, 6) is -0.982. The first-order valence-corrected chi connectivity index (χ1v) is 38.9. The van der Waals surface area contributed by atoms with Gasteiger partial charge in [-0.3, -0.25) is 37.3 Å². The molecule has 0 aromatic carbocycles. The number of hydrogen-bond donors (Lipinski definition) is 21. The van der Waals surface area contributed by atoms with Crippen LogP contribution in [0.15, 0.2) is 63.6 Å². The van der Waals surface area contributed by atoms with E-state index in [1.54, 1.807) is 4.98 Å². The highest BCUT2D eigenvalue weighted by molar-refractivity contribution is 7.68. The topological polar surface area (TPSA) is 777 Å². The standard InChI is InChI=1S/C13H22FN2O14P3.C12H21FN3O14P3.C11H18FN2O15P3/c1-7-15-8(17)4-5-16(7)11-13(19,6-14)9(18)10(27-11)12(2,3)28-32(23,24)30-33(25,26)29-31(20,21)22;1-11(2,28-32(23,24)30-33(25,26)29-31(20,21)22)8-7(17)12(19,5-13)9(27-8)16-4-3-6(14)15-10(16)18;1-5(27-31(22,23)29-32(24,25)28-30(19,20)21)7-8(16)11(18,4-12)9(26-7)14-3-2-6(15)13-10(14)17/h4-5,9-11,18-19H,1,6H2,2-3H3,(H,15,17)(H,23,24)(H,25,26)(H2,20,21,22);3-4,7-9,17,19H,5H2,1-2H3,(H,23,24)(H,25,26)(H2,14,15,18)(H2,20,21,22);2-3,5,7-9,16,18H,4H2,1H3,(H,22,23)(H,24,25)(H,13,15,17)(H2,19,20,21)/t9-,10-,11+,13?;7-,8-,9+,12?;5-,7-,8+,9-,11?/m001/s1. The van der Waals surface area contributed by atoms with Crippen LogP contribution in [0.25, 0.3) is 0 Å². The van der Waals surface area contributed by atoms with Crippen molar-refractivity contribution < 1.29 is 202 Å². The molecule has 19 atom stereocenters. The summed E-state index contributed by atoms with van der Waals surface area (Å²) < 4.78 is 197. The van der Waals surface area contributed by atoms with E-state index in [-0.39, 0.29) is 11.6 Å². The summed E-state index contributed by atoms with van der Waals surface area (Å²) in [4.78, 5) is 161. The van der Waals surface area contributed by atoms with E-state index in [2.05, 4.69) is 51.8 Å². The third kappa shape index (κ3) is 22.6. The van der Waals surface area contributed by atoms with Gasteiger partial charge in [0.05, 0.1) is 6.10 Å². The second-order valence-electron chi connectivity index (χ2n) is 21.2. The van der Waals surface area contributed by atoms with Crippen LogP contribution < -0.4 is 28.0 Å². The molecule has 2 aromatic rings. The molecule has 0 aliphatic carbocycles. The molecular formula is C36H61F3N7O43P9. The molecule has 2 aromatic heterocycles. The van der Waals surface area contributed by atoms with Crippen molar-refractivity contribution in [2.24, 2.45) is 0 Å². The van der Waals surface area contributed by atoms with Crippen molar-refractivity contribution in [3.05, 3.63) is 80.5 Å². The number of aliphatic hydroxyl groups is 6. The molecule has 0 saturated carbocycles. The quantitative estimate of drug-likeness (QED) is 0.0385. The number of H-pyrrole nitrogens is 1. The second-order valence-corrected chi connectivity index (χ2v) is 34.2. The lowest BCUT2D eigenvalue weighted by Gasteiger charge is -2.37. The van der Waals surface area contributed by atoms with Crippen molar-refractivity contribution >= 4 is 82.1 Å². The zero-order chi connectivity index (χ0) is 75.9. The molecule has 0 spiro atoms. The first kappa shape index (κ1) is 87.2. The molecule has 0 bridgehead atoms. The monoisotopic (exact) mass is 1620 g/mol. The lowest BCUT2D eigenvalue weighted by molar-refractivity contribution is -0.142. The number of aliphatic hydroxyl groups excluding tert-OH is 3. The SMILES string of the molecule is C=C1NC(=O)C=CN1[C@@H]1O[C@H](C(C)(C)OP(=O)(O)OP(=O)(O)OP(=O)(O)O)[C@H](O)C1(O)CF.CC(C)(OP(=O)(O)OP(=O)(O)OP(=O)(O)O)[C@H]1O[C@@H](n2ccc(N)nc2=O)C(O)(CF)[C@H]1O.C[C@@H](OP(=O)(O)OP(=O)(O)OP(=O)(O)O)[C@H]1O[C@@H](n2ccc(=O)[nH]c2=O)C(O)(CF)[C@H]1O. The Morgan fingerprint density at radius 1 is 0.592 bits per heavy atom. The van der Waals surface area contributed by atoms with Crippen LogP contribution in [0.4, 0.5) is 19.0 Å². The first-order chi connectivity index (χ1) is 43.9. The zero-order valence-corrected chi connectivity index (χ0v) is 57.4. The molecule has 50 nitrogen and oxygen atoms in total. The van der Waals surface area contributed by atoms with E-state index in [4.69, 9.17) is 58.7 Å². The van der Waals surface area contributed by atoms with E-state index in [1.807, 2.05) is 0 Å². The molecule has 3 saturated heterocycles. The zero-order valence-electron chi connectivity index (χ0n) is 49.3. The summed E-state index contributed by atoms with van der Waals surface area (Å²) in [5.41, 5.74) is -10.5. The molecule has 62 heteroatoms. The van der Waals surface area contributed by atoms with Crippen LogP contribution in [-0.4, -0.2) is 216 Å². The average molecular weight is 1620 g/mol. The lowest BCUT2D eigenvalue weighted by Crippen LogP contribution is -2.58. The Bertz CT molecular complexity index is 3960. The Hall–Kier alpha value is -3.23. The van der Waals surface area contributed by atoms with Gasteiger partial charge in [-0.05, 0) is 40.7 Å². The fourth-order valence-corrected chi connectivity index (χ4v) is 18.7. The minimum absolute atomic E-state index is 0.169. The van der Waals surface area contributed by atoms with Gasteiger partial charge in [-0.15, -0.1) is 0 Å². The number of anilines is 1. The number of alkyl halides is 3. The number of nitrogens with two attached hydrogens (primary N) is 1. The van der Waals surface area contributed by atoms with Gasteiger partial charge in [0.1, 0.15) is 79.5 Å². The maximum atomic E-state index is 13.8. The van der Waals surface area contributed by atoms with Crippen molar-refractivity contribution in [2.45, 2.75) is 124 Å². The van der Waals surface area contributed by atoms with Crippen molar-refractivity contribution in [2.75, 3.05) is 25.8 Å². The third-order valence-corrected chi connectivity index (χ3v) is 24.7. The smallest absolute Gasteiger partial charge is 0.387 e. The van der Waals surface area contributed by atoms with Crippen LogP contribution in [0.3, 0.4) is 0 Å². The molecule has 1 amide bonds. The number of amides is 1. The molecule has 6 heterocycles. The maximum absolute atomic E-state index is 13.8. The number of nitrogen functional groups attached to an aromatic ring is 1. The van der Waals surface area contributed by atoms with Gasteiger partial charge in [-0.25, -0.2) is 63.8 Å². The predicted molar refractivity (Wildman–Crippen MR) is 302 cm³/mol. The van der Waals surface area contributed by atoms with E-state index in [9.17, 15) is 129 Å². The highest BCUT2D eigenvalue weighted by Crippen LogP contribution is 2.70. The van der Waals surface area contributed by atoms with Crippen LogP contribution in [0.2, 0.25) is 0 Å². The van der Waals surface area contributed by atoms with Gasteiger partial charge >= 0.3 is 81.8 Å². The largest absolute Gasteiger partial charge is 0.490 e. The maximum Gasteiger partial charge on any atom is 0.490 e. The molecule has 22 N–H and O–H groups in total. The Morgan fingerprint density at radius 3 is 1.36 bits per heavy atom. The van der Waals surface area contributed by atoms with Crippen molar-refractivity contribution in [3.63, 3.8) is 0 Å². The van der Waals surface area contributed by atoms with E-state index in [1.165, 1.54) is 0 Å². The van der Waals surface area contributed by atoms with Crippen molar-refractivity contribution in [1.82, 2.24) is 29.3 Å². The van der Waals surface area contributed by atoms with Gasteiger partial charge in [0.2, 0.25) is 0 Å². The third-order valence-electron chi connectivity index (χ3n) is 12.7. The Morgan fingerprint density at radius 2 is 0.969 bits per heavy atom. The van der Waals surface area contributed by atoms with Crippen LogP contribution in [0.5, 0.6) is 0 Å². The second kappa shape index (κ2) is 30.8. The molecule has 98 heavy (non-hydrogen) atoms. The number of nitrogens with one attached hydrogen (secondary N) is 2. The van der Waals surface area contributed by atoms with Crippen LogP contribution in [0.1, 0.15) is 47.1 Å². The van der Waals surface area contributed by atoms with E-state index in [0.29, 0.717) is 9.13 Å². The number of halogens is 3. The Balaban J connectivity index is 0.000000312. The Kier molecular flexibility index (Phi) is 27.4. The van der Waals surface area contributed by atoms with Crippen LogP contribution >= 0.6 is 70.4 Å². The Labute approximate surface area is 542 Å². The molecular weight excluding hydrogens is 1550 g/mol. The molecule has 4 aliphatic heterocycles. The molecule has 0 radical (unpaired) electrons. The fraction of sp³-hybridized carbons (Fsp3) is 0.639. The minimum atomic E-state index is -5.85. The summed E-state index contributed by atoms with van der Waals surface area (Å²) in [6.45, 7) is 3.29. The predicted octanol–water partition coefficient (Wildman–Crippen LogP) is -3.55. The number of aromatic nitrogens is 4. The minimum Gasteiger partial charge on any atom is -0.387 e. The number of hydrogen-bond acceptors (Lipinski definition) is 34. The summed E-state index contributed by atoms with van der Waals surface area (Å²) in [6.07, 6.45) is -15.8. The first-order valence-electron chi connectivity index (χ1n) is 25.4. The average Bonchev–Trinajstić information content (AvgIpc) is 1.60. The number of phosphoric acid groups is 9. The summed E-state index contributed by atoms with van der Waals surface area (Å²) in [5, 5.41) is 65.5. The highest BCUT2D eigenvalue weighted by atomic mass is 31.3. The number of carbonyl (C=O) groups excluding carboxylic acids is 1. The molecule has 3 fully saturated rings. The fourth-order valence-electron chi connectivity index (χ4n) is 8.84. The van der Waals surface area contributed by atoms with Gasteiger partial charge in [0, 0.05) is 30.7 Å². The number of carbonyl (C=O) groups is 1. The van der Waals surface area contributed by atoms with Gasteiger partial charge in [-0.1, -0.05) is 6.58 Å². The number of aromatic amines is 1. The van der Waals surface area contributed by atoms with Gasteiger partial charge < -0.3 is 120 Å². The van der Waals surface area contributed by atoms with Crippen molar-refractivity contribution in [3.8, 4) is 0 Å². The molecule has 564 valence electrons.